The molecule has 2 saturated carbocycles. The molecule has 0 heterocycles. The smallest absolute Gasteiger partial charge is 0.250 e. The molecule has 0 aliphatic heterocycles. The van der Waals surface area contributed by atoms with Crippen LogP contribution in [0.3, 0.4) is 0 Å². The summed E-state index contributed by atoms with van der Waals surface area (Å²) in [7, 11) is 0. The number of halogens is 17. The Morgan fingerprint density at radius 2 is 0.703 bits per heavy atom. The van der Waals surface area contributed by atoms with Gasteiger partial charge < -0.3 is 0 Å². The Labute approximate surface area is 199 Å². The van der Waals surface area contributed by atoms with E-state index in [4.69, 9.17) is 0 Å². The summed E-state index contributed by atoms with van der Waals surface area (Å²) < 4.78 is 235. The molecule has 0 aromatic rings. The summed E-state index contributed by atoms with van der Waals surface area (Å²) in [5.74, 6) is -38.6. The quantitative estimate of drug-likeness (QED) is 0.290. The van der Waals surface area contributed by atoms with Gasteiger partial charge >= 0.3 is 11.8 Å². The third kappa shape index (κ3) is 3.11. The fourth-order valence-corrected chi connectivity index (χ4v) is 4.67. The molecule has 0 N–H and O–H groups in total. The van der Waals surface area contributed by atoms with E-state index in [2.05, 4.69) is 0 Å². The van der Waals surface area contributed by atoms with Crippen LogP contribution in [0.2, 0.25) is 0 Å². The van der Waals surface area contributed by atoms with E-state index in [1.807, 2.05) is 0 Å². The fraction of sp³-hybridized carbons (Fsp3) is 1.00. The van der Waals surface area contributed by atoms with Crippen molar-refractivity contribution in [2.24, 2.45) is 16.2 Å². The van der Waals surface area contributed by atoms with Crippen molar-refractivity contribution in [3.05, 3.63) is 0 Å². The Morgan fingerprint density at radius 3 is 0.865 bits per heavy atom. The summed E-state index contributed by atoms with van der Waals surface area (Å²) >= 11 is 0. The van der Waals surface area contributed by atoms with Crippen molar-refractivity contribution in [1.29, 1.82) is 0 Å². The third-order valence-electron chi connectivity index (χ3n) is 8.25. The zero-order valence-electron chi connectivity index (χ0n) is 20.1. The highest BCUT2D eigenvalue weighted by Crippen LogP contribution is 2.85. The van der Waals surface area contributed by atoms with Crippen LogP contribution < -0.4 is 0 Å². The van der Waals surface area contributed by atoms with Gasteiger partial charge in [0.1, 0.15) is 12.1 Å². The molecule has 0 amide bonds. The van der Waals surface area contributed by atoms with Gasteiger partial charge in [-0.1, -0.05) is 0 Å². The first-order valence-electron chi connectivity index (χ1n) is 10.1. The maximum absolute atomic E-state index is 14.7. The van der Waals surface area contributed by atoms with Crippen LogP contribution >= 0.6 is 0 Å². The molecule has 2 fully saturated rings. The highest BCUT2D eigenvalue weighted by Gasteiger charge is 3.06. The van der Waals surface area contributed by atoms with Gasteiger partial charge in [-0.2, -0.15) is 0 Å². The number of fused-ring (bicyclic) bond motifs is 2. The molecule has 0 nitrogen and oxygen atoms in total. The number of rotatable bonds is 3. The fourth-order valence-electron chi connectivity index (χ4n) is 4.67. The van der Waals surface area contributed by atoms with Crippen molar-refractivity contribution in [3.8, 4) is 0 Å². The van der Waals surface area contributed by atoms with Crippen LogP contribution in [-0.4, -0.2) is 59.5 Å². The topological polar surface area (TPSA) is 0 Å². The molecule has 2 bridgehead atoms. The summed E-state index contributed by atoms with van der Waals surface area (Å²) in [6, 6.07) is 0. The summed E-state index contributed by atoms with van der Waals surface area (Å²) in [5.41, 5.74) is -24.7. The zero-order valence-corrected chi connectivity index (χ0v) is 20.1. The molecule has 2 aliphatic carbocycles. The highest BCUT2D eigenvalue weighted by atomic mass is 19.3. The second kappa shape index (κ2) is 7.72. The lowest BCUT2D eigenvalue weighted by Gasteiger charge is -2.71. The van der Waals surface area contributed by atoms with Gasteiger partial charge in [-0.3, -0.25) is 4.39 Å². The molecular weight excluding hydrogens is 563 g/mol. The van der Waals surface area contributed by atoms with Crippen LogP contribution in [0.15, 0.2) is 0 Å². The lowest BCUT2D eigenvalue weighted by Crippen LogP contribution is -2.93. The molecule has 2 atom stereocenters. The van der Waals surface area contributed by atoms with E-state index in [9.17, 15) is 74.6 Å². The average molecular weight is 586 g/mol. The second-order valence-corrected chi connectivity index (χ2v) is 10.4. The summed E-state index contributed by atoms with van der Waals surface area (Å²) in [6.45, 7) is -4.84. The molecule has 2 aliphatic rings. The first-order valence-corrected chi connectivity index (χ1v) is 10.1. The molecule has 17 heteroatoms. The maximum Gasteiger partial charge on any atom is 0.304 e. The van der Waals surface area contributed by atoms with Crippen LogP contribution in [0, 0.1) is 16.2 Å². The zero-order chi connectivity index (χ0) is 30.7. The minimum absolute atomic E-state index is 0.129. The lowest BCUT2D eigenvalue weighted by atomic mass is 9.39. The minimum atomic E-state index is -6.21. The van der Waals surface area contributed by atoms with Gasteiger partial charge in [0.2, 0.25) is 11.3 Å². The number of alkyl halides is 17. The van der Waals surface area contributed by atoms with Gasteiger partial charge in [0, 0.05) is 13.8 Å². The largest absolute Gasteiger partial charge is 0.304 e. The number of hydrogen-bond acceptors (Lipinski definition) is 0. The van der Waals surface area contributed by atoms with Crippen molar-refractivity contribution in [2.45, 2.75) is 101 Å². The van der Waals surface area contributed by atoms with Gasteiger partial charge in [0.15, 0.2) is 10.8 Å². The Kier molecular flexibility index (Phi) is 7.06. The van der Waals surface area contributed by atoms with Gasteiger partial charge in [-0.15, -0.1) is 0 Å². The van der Waals surface area contributed by atoms with Gasteiger partial charge in [0.05, 0.1) is 0 Å². The van der Waals surface area contributed by atoms with E-state index >= 15 is 0 Å². The lowest BCUT2D eigenvalue weighted by molar-refractivity contribution is -0.539. The Hall–Kier alpha value is -1.19. The molecule has 2 unspecified atom stereocenters. The van der Waals surface area contributed by atoms with Crippen molar-refractivity contribution in [3.63, 3.8) is 0 Å². The van der Waals surface area contributed by atoms with Crippen molar-refractivity contribution >= 4 is 0 Å². The van der Waals surface area contributed by atoms with Crippen LogP contribution in [0.1, 0.15) is 48.5 Å². The van der Waals surface area contributed by atoms with Crippen LogP contribution in [0.5, 0.6) is 0 Å². The Balaban J connectivity index is 0.000000525. The standard InChI is InChI=1S/C14H14F12.C6H9F5/c1-6(5-15)10(17,18)7(2)12(21,22)8(3,11(6,19)20)14(25,26)9(4,16)13(7,23)24;1-4(7,5(2,8)9)6(3,10)11/h5H2,1-4H3;1-3H3. The van der Waals surface area contributed by atoms with Gasteiger partial charge in [0.25, 0.3) is 29.6 Å². The van der Waals surface area contributed by atoms with E-state index < -0.39 is 96.5 Å². The van der Waals surface area contributed by atoms with E-state index in [1.165, 1.54) is 0 Å². The predicted octanol–water partition coefficient (Wildman–Crippen LogP) is 8.93. The van der Waals surface area contributed by atoms with E-state index in [0.29, 0.717) is 0 Å². The number of hydrogen-bond donors (Lipinski definition) is 0. The Bertz CT molecular complexity index is 830. The van der Waals surface area contributed by atoms with Gasteiger partial charge in [-0.25, -0.2) is 70.2 Å². The van der Waals surface area contributed by atoms with Crippen molar-refractivity contribution in [2.75, 3.05) is 6.67 Å². The third-order valence-corrected chi connectivity index (χ3v) is 8.25. The minimum Gasteiger partial charge on any atom is -0.250 e. The van der Waals surface area contributed by atoms with Crippen molar-refractivity contribution < 1.29 is 74.6 Å². The molecule has 0 aromatic heterocycles. The summed E-state index contributed by atoms with van der Waals surface area (Å²) in [6.07, 6.45) is 0. The van der Waals surface area contributed by atoms with Crippen LogP contribution in [0.25, 0.3) is 0 Å². The van der Waals surface area contributed by atoms with Crippen LogP contribution in [0.4, 0.5) is 74.6 Å². The maximum atomic E-state index is 14.7. The molecule has 0 spiro atoms. The average Bonchev–Trinajstić information content (AvgIpc) is 2.67. The Morgan fingerprint density at radius 1 is 0.459 bits per heavy atom. The molecule has 222 valence electrons. The first kappa shape index (κ1) is 33.8. The molecule has 0 aromatic carbocycles. The highest BCUT2D eigenvalue weighted by molar-refractivity contribution is 5.38. The predicted molar refractivity (Wildman–Crippen MR) is 95.3 cm³/mol. The van der Waals surface area contributed by atoms with E-state index in [0.717, 1.165) is 0 Å². The molecule has 0 saturated heterocycles. The van der Waals surface area contributed by atoms with Crippen LogP contribution in [-0.2, 0) is 0 Å². The molecular formula is C20H23F17. The van der Waals surface area contributed by atoms with E-state index in [-0.39, 0.29) is 27.7 Å². The summed E-state index contributed by atoms with van der Waals surface area (Å²) in [4.78, 5) is 0. The molecule has 0 radical (unpaired) electrons. The summed E-state index contributed by atoms with van der Waals surface area (Å²) in [5, 5.41) is 0. The monoisotopic (exact) mass is 586 g/mol. The van der Waals surface area contributed by atoms with E-state index in [1.54, 1.807) is 0 Å². The molecule has 37 heavy (non-hydrogen) atoms. The first-order chi connectivity index (χ1) is 15.6. The van der Waals surface area contributed by atoms with Crippen molar-refractivity contribution in [1.82, 2.24) is 0 Å². The molecule has 2 rings (SSSR count). The SMILES string of the molecule is CC(F)(F)C(C)(F)C(C)(F)F.CC1(F)C(F)(F)C2(C)C(F)(F)C(C)(CF)C(F)(F)C(C)(C1(F)F)C2(F)F. The normalized spacial score (nSPS) is 39.9. The van der Waals surface area contributed by atoms with Gasteiger partial charge in [-0.05, 0) is 34.6 Å². The second-order valence-electron chi connectivity index (χ2n) is 10.4.